The lowest BCUT2D eigenvalue weighted by molar-refractivity contribution is 0.0991. The molecule has 0 aliphatic heterocycles. The molecule has 1 aromatic heterocycles. The number of H-pyrrole nitrogens is 1. The third-order valence-electron chi connectivity index (χ3n) is 5.16. The number of Topliss-reactive ketones (excluding diaryl/α,β-unsaturated/α-hetero) is 1. The average molecular weight is 316 g/mol. The third kappa shape index (κ3) is 1.85. The number of rotatable bonds is 1. The standard InChI is InChI=1S/C20H16N2O2/c1-20(2)15-5-11(10-23)3-4-13(15)8-14-18-16(22-19(14)20)6-12(9-21)7-17(18)24/h3-6,10,22H,7-8H2,1-2H3. The summed E-state index contributed by atoms with van der Waals surface area (Å²) >= 11 is 0. The van der Waals surface area contributed by atoms with E-state index in [0.717, 1.165) is 39.9 Å². The number of nitrogens with one attached hydrogen (secondary N) is 1. The van der Waals surface area contributed by atoms with Crippen molar-refractivity contribution in [3.8, 4) is 6.07 Å². The van der Waals surface area contributed by atoms with Crippen molar-refractivity contribution in [2.75, 3.05) is 0 Å². The predicted molar refractivity (Wildman–Crippen MR) is 90.1 cm³/mol. The van der Waals surface area contributed by atoms with E-state index < -0.39 is 0 Å². The number of carbonyl (C=O) groups is 2. The van der Waals surface area contributed by atoms with E-state index in [-0.39, 0.29) is 17.6 Å². The number of allylic oxidation sites excluding steroid dienone is 1. The van der Waals surface area contributed by atoms with Crippen molar-refractivity contribution < 1.29 is 9.59 Å². The molecule has 2 aliphatic rings. The highest BCUT2D eigenvalue weighted by atomic mass is 16.1. The van der Waals surface area contributed by atoms with Crippen molar-refractivity contribution >= 4 is 18.1 Å². The van der Waals surface area contributed by atoms with Crippen molar-refractivity contribution in [3.05, 3.63) is 63.0 Å². The van der Waals surface area contributed by atoms with Crippen LogP contribution in [0.15, 0.2) is 23.8 Å². The summed E-state index contributed by atoms with van der Waals surface area (Å²) in [6.45, 7) is 4.19. The Hall–Kier alpha value is -2.93. The molecule has 24 heavy (non-hydrogen) atoms. The topological polar surface area (TPSA) is 73.7 Å². The van der Waals surface area contributed by atoms with Crippen molar-refractivity contribution in [2.24, 2.45) is 0 Å². The van der Waals surface area contributed by atoms with Crippen molar-refractivity contribution in [1.29, 1.82) is 5.26 Å². The van der Waals surface area contributed by atoms with E-state index in [0.29, 0.717) is 17.6 Å². The Morgan fingerprint density at radius 2 is 2.08 bits per heavy atom. The van der Waals surface area contributed by atoms with Crippen LogP contribution in [-0.2, 0) is 11.8 Å². The highest BCUT2D eigenvalue weighted by molar-refractivity contribution is 6.06. The number of fused-ring (bicyclic) bond motifs is 4. The summed E-state index contributed by atoms with van der Waals surface area (Å²) in [5, 5.41) is 9.12. The molecule has 4 heteroatoms. The molecule has 2 aromatic rings. The fourth-order valence-electron chi connectivity index (χ4n) is 3.98. The van der Waals surface area contributed by atoms with E-state index >= 15 is 0 Å². The quantitative estimate of drug-likeness (QED) is 0.818. The smallest absolute Gasteiger partial charge is 0.170 e. The molecule has 0 radical (unpaired) electrons. The molecule has 1 N–H and O–H groups in total. The molecular weight excluding hydrogens is 300 g/mol. The van der Waals surface area contributed by atoms with E-state index in [4.69, 9.17) is 5.26 Å². The van der Waals surface area contributed by atoms with Gasteiger partial charge >= 0.3 is 0 Å². The molecule has 0 atom stereocenters. The molecule has 2 aliphatic carbocycles. The highest BCUT2D eigenvalue weighted by Crippen LogP contribution is 2.44. The average Bonchev–Trinajstić information content (AvgIpc) is 2.94. The van der Waals surface area contributed by atoms with Crippen LogP contribution in [0, 0.1) is 11.3 Å². The van der Waals surface area contributed by atoms with Crippen molar-refractivity contribution in [2.45, 2.75) is 32.1 Å². The maximum absolute atomic E-state index is 12.6. The van der Waals surface area contributed by atoms with Gasteiger partial charge in [-0.2, -0.15) is 5.26 Å². The summed E-state index contributed by atoms with van der Waals surface area (Å²) in [7, 11) is 0. The fraction of sp³-hybridized carbons (Fsp3) is 0.250. The molecule has 0 saturated carbocycles. The van der Waals surface area contributed by atoms with Gasteiger partial charge in [0.1, 0.15) is 6.29 Å². The minimum absolute atomic E-state index is 0.00492. The first kappa shape index (κ1) is 14.6. The van der Waals surface area contributed by atoms with E-state index in [1.165, 1.54) is 0 Å². The number of nitrogens with zero attached hydrogens (tertiary/aromatic N) is 1. The summed E-state index contributed by atoms with van der Waals surface area (Å²) in [6.07, 6.45) is 3.48. The van der Waals surface area contributed by atoms with Gasteiger partial charge < -0.3 is 4.98 Å². The lowest BCUT2D eigenvalue weighted by Gasteiger charge is -2.33. The van der Waals surface area contributed by atoms with Crippen LogP contribution in [0.2, 0.25) is 0 Å². The first-order valence-corrected chi connectivity index (χ1v) is 7.93. The van der Waals surface area contributed by atoms with Gasteiger partial charge in [0.05, 0.1) is 11.8 Å². The van der Waals surface area contributed by atoms with Crippen LogP contribution in [0.25, 0.3) is 6.08 Å². The van der Waals surface area contributed by atoms with Crippen LogP contribution < -0.4 is 0 Å². The zero-order chi connectivity index (χ0) is 17.1. The van der Waals surface area contributed by atoms with Gasteiger partial charge in [-0.05, 0) is 28.8 Å². The monoisotopic (exact) mass is 316 g/mol. The van der Waals surface area contributed by atoms with Crippen LogP contribution >= 0.6 is 0 Å². The fourth-order valence-corrected chi connectivity index (χ4v) is 3.98. The number of hydrogen-bond acceptors (Lipinski definition) is 3. The van der Waals surface area contributed by atoms with Gasteiger partial charge in [0.2, 0.25) is 0 Å². The second kappa shape index (κ2) is 4.78. The molecule has 0 unspecified atom stereocenters. The summed E-state index contributed by atoms with van der Waals surface area (Å²) < 4.78 is 0. The Morgan fingerprint density at radius 3 is 2.79 bits per heavy atom. The number of aldehydes is 1. The summed E-state index contributed by atoms with van der Waals surface area (Å²) in [5.74, 6) is 0.00492. The number of hydrogen-bond donors (Lipinski definition) is 1. The second-order valence-electron chi connectivity index (χ2n) is 6.98. The second-order valence-corrected chi connectivity index (χ2v) is 6.98. The summed E-state index contributed by atoms with van der Waals surface area (Å²) in [5.41, 5.74) is 6.56. The molecule has 1 heterocycles. The summed E-state index contributed by atoms with van der Waals surface area (Å²) in [6, 6.07) is 7.82. The molecule has 4 nitrogen and oxygen atoms in total. The highest BCUT2D eigenvalue weighted by Gasteiger charge is 2.38. The minimum atomic E-state index is -0.333. The number of carbonyl (C=O) groups excluding carboxylic acids is 2. The number of nitriles is 1. The molecule has 1 aromatic carbocycles. The van der Waals surface area contributed by atoms with Crippen LogP contribution in [0.4, 0.5) is 0 Å². The molecule has 118 valence electrons. The Balaban J connectivity index is 1.96. The molecule has 0 bridgehead atoms. The molecule has 0 saturated heterocycles. The van der Waals surface area contributed by atoms with E-state index in [1.54, 1.807) is 6.08 Å². The van der Waals surface area contributed by atoms with Crippen molar-refractivity contribution in [3.63, 3.8) is 0 Å². The maximum Gasteiger partial charge on any atom is 0.170 e. The first-order valence-electron chi connectivity index (χ1n) is 7.93. The van der Waals surface area contributed by atoms with Crippen LogP contribution in [0.3, 0.4) is 0 Å². The van der Waals surface area contributed by atoms with Gasteiger partial charge in [0.25, 0.3) is 0 Å². The molecule has 0 spiro atoms. The SMILES string of the molecule is CC1(C)c2cc(C=O)ccc2Cc2c1[nH]c1c2C(=O)CC(C#N)=C1. The van der Waals surface area contributed by atoms with Crippen LogP contribution in [0.5, 0.6) is 0 Å². The molecule has 0 amide bonds. The van der Waals surface area contributed by atoms with Gasteiger partial charge in [-0.25, -0.2) is 0 Å². The Labute approximate surface area is 139 Å². The first-order chi connectivity index (χ1) is 11.5. The molecular formula is C20H16N2O2. The minimum Gasteiger partial charge on any atom is -0.357 e. The lowest BCUT2D eigenvalue weighted by atomic mass is 9.71. The molecule has 0 fully saturated rings. The Kier molecular flexibility index (Phi) is 2.92. The lowest BCUT2D eigenvalue weighted by Crippen LogP contribution is -2.27. The number of benzene rings is 1. The van der Waals surface area contributed by atoms with Gasteiger partial charge in [-0.15, -0.1) is 0 Å². The van der Waals surface area contributed by atoms with E-state index in [1.807, 2.05) is 18.2 Å². The zero-order valence-electron chi connectivity index (χ0n) is 13.6. The Morgan fingerprint density at radius 1 is 1.29 bits per heavy atom. The number of ketones is 1. The molecule has 4 rings (SSSR count). The normalized spacial score (nSPS) is 17.2. The number of aromatic amines is 1. The Bertz CT molecular complexity index is 984. The van der Waals surface area contributed by atoms with Crippen LogP contribution in [-0.4, -0.2) is 17.1 Å². The van der Waals surface area contributed by atoms with E-state index in [9.17, 15) is 9.59 Å². The van der Waals surface area contributed by atoms with Gasteiger partial charge in [0.15, 0.2) is 5.78 Å². The predicted octanol–water partition coefficient (Wildman–Crippen LogP) is 3.55. The van der Waals surface area contributed by atoms with Crippen LogP contribution in [0.1, 0.15) is 69.1 Å². The third-order valence-corrected chi connectivity index (χ3v) is 5.16. The van der Waals surface area contributed by atoms with Gasteiger partial charge in [-0.3, -0.25) is 9.59 Å². The zero-order valence-corrected chi connectivity index (χ0v) is 13.6. The van der Waals surface area contributed by atoms with E-state index in [2.05, 4.69) is 24.9 Å². The largest absolute Gasteiger partial charge is 0.357 e. The number of aromatic nitrogens is 1. The summed E-state index contributed by atoms with van der Waals surface area (Å²) in [4.78, 5) is 27.1. The van der Waals surface area contributed by atoms with Gasteiger partial charge in [-0.1, -0.05) is 26.0 Å². The van der Waals surface area contributed by atoms with Gasteiger partial charge in [0, 0.05) is 40.7 Å². The van der Waals surface area contributed by atoms with Crippen molar-refractivity contribution in [1.82, 2.24) is 4.98 Å². The maximum atomic E-state index is 12.6.